The van der Waals surface area contributed by atoms with E-state index in [4.69, 9.17) is 0 Å². The number of alkyl halides is 2. The van der Waals surface area contributed by atoms with Crippen LogP contribution in [-0.2, 0) is 16.1 Å². The van der Waals surface area contributed by atoms with Crippen molar-refractivity contribution < 1.29 is 27.8 Å². The fraction of sp³-hybridized carbons (Fsp3) is 0.429. The zero-order chi connectivity index (χ0) is 16.7. The van der Waals surface area contributed by atoms with E-state index in [1.54, 1.807) is 19.2 Å². The number of methoxy groups -OCH3 is 1. The van der Waals surface area contributed by atoms with Crippen LogP contribution in [0.3, 0.4) is 0 Å². The van der Waals surface area contributed by atoms with E-state index < -0.39 is 12.7 Å². The quantitative estimate of drug-likeness (QED) is 0.805. The van der Waals surface area contributed by atoms with E-state index in [1.807, 2.05) is 0 Å². The molecule has 0 fully saturated rings. The first-order chi connectivity index (χ1) is 10.3. The van der Waals surface area contributed by atoms with E-state index >= 15 is 0 Å². The van der Waals surface area contributed by atoms with E-state index in [9.17, 15) is 18.4 Å². The van der Waals surface area contributed by atoms with Crippen molar-refractivity contribution in [3.63, 3.8) is 0 Å². The SMILES string of the molecule is COC(=O)N(C)CC(=O)N(C)Cc1ccc(OC(F)F)cc1. The zero-order valence-corrected chi connectivity index (χ0v) is 12.6. The van der Waals surface area contributed by atoms with Gasteiger partial charge in [0.1, 0.15) is 12.3 Å². The maximum atomic E-state index is 12.0. The normalized spacial score (nSPS) is 10.3. The van der Waals surface area contributed by atoms with Gasteiger partial charge in [-0.2, -0.15) is 8.78 Å². The predicted octanol–water partition coefficient (Wildman–Crippen LogP) is 1.94. The number of ether oxygens (including phenoxy) is 2. The third kappa shape index (κ3) is 5.55. The summed E-state index contributed by atoms with van der Waals surface area (Å²) >= 11 is 0. The Morgan fingerprint density at radius 3 is 2.23 bits per heavy atom. The van der Waals surface area contributed by atoms with Crippen LogP contribution in [0.25, 0.3) is 0 Å². The van der Waals surface area contributed by atoms with Gasteiger partial charge in [0.05, 0.1) is 7.11 Å². The summed E-state index contributed by atoms with van der Waals surface area (Å²) in [6.07, 6.45) is -0.602. The van der Waals surface area contributed by atoms with Gasteiger partial charge in [-0.1, -0.05) is 12.1 Å². The lowest BCUT2D eigenvalue weighted by atomic mass is 10.2. The number of benzene rings is 1. The molecule has 0 atom stereocenters. The summed E-state index contributed by atoms with van der Waals surface area (Å²) in [6, 6.07) is 5.98. The first-order valence-electron chi connectivity index (χ1n) is 6.40. The average Bonchev–Trinajstić information content (AvgIpc) is 2.47. The molecule has 0 spiro atoms. The molecule has 0 heterocycles. The van der Waals surface area contributed by atoms with Crippen LogP contribution in [0, 0.1) is 0 Å². The molecular formula is C14H18F2N2O4. The predicted molar refractivity (Wildman–Crippen MR) is 74.6 cm³/mol. The summed E-state index contributed by atoms with van der Waals surface area (Å²) in [6.45, 7) is -2.71. The molecule has 0 bridgehead atoms. The highest BCUT2D eigenvalue weighted by Crippen LogP contribution is 2.15. The van der Waals surface area contributed by atoms with E-state index in [2.05, 4.69) is 9.47 Å². The minimum absolute atomic E-state index is 0.0538. The molecule has 0 N–H and O–H groups in total. The van der Waals surface area contributed by atoms with Gasteiger partial charge in [0.15, 0.2) is 0 Å². The molecule has 0 aliphatic carbocycles. The van der Waals surface area contributed by atoms with Gasteiger partial charge in [0, 0.05) is 20.6 Å². The summed E-state index contributed by atoms with van der Waals surface area (Å²) in [7, 11) is 4.26. The molecule has 0 aliphatic heterocycles. The molecule has 0 aliphatic rings. The number of carbonyl (C=O) groups is 2. The van der Waals surface area contributed by atoms with E-state index in [0.717, 1.165) is 10.5 Å². The summed E-state index contributed by atoms with van der Waals surface area (Å²) in [5.74, 6) is -0.223. The number of hydrogen-bond donors (Lipinski definition) is 0. The third-order valence-electron chi connectivity index (χ3n) is 2.85. The second kappa shape index (κ2) is 8.16. The van der Waals surface area contributed by atoms with Gasteiger partial charge in [-0.25, -0.2) is 4.79 Å². The monoisotopic (exact) mass is 316 g/mol. The summed E-state index contributed by atoms with van der Waals surface area (Å²) in [5.41, 5.74) is 0.748. The highest BCUT2D eigenvalue weighted by atomic mass is 19.3. The summed E-state index contributed by atoms with van der Waals surface area (Å²) in [5, 5.41) is 0. The van der Waals surface area contributed by atoms with Crippen LogP contribution in [0.5, 0.6) is 5.75 Å². The van der Waals surface area contributed by atoms with Crippen molar-refractivity contribution in [1.82, 2.24) is 9.80 Å². The molecule has 8 heteroatoms. The number of halogens is 2. The number of likely N-dealkylation sites (N-methyl/N-ethyl adjacent to an activating group) is 2. The van der Waals surface area contributed by atoms with Crippen molar-refractivity contribution >= 4 is 12.0 Å². The number of carbonyl (C=O) groups excluding carboxylic acids is 2. The molecule has 1 aromatic rings. The van der Waals surface area contributed by atoms with Crippen LogP contribution in [0.4, 0.5) is 13.6 Å². The van der Waals surface area contributed by atoms with Crippen LogP contribution < -0.4 is 4.74 Å². The van der Waals surface area contributed by atoms with Crippen molar-refractivity contribution in [2.75, 3.05) is 27.7 Å². The fourth-order valence-corrected chi connectivity index (χ4v) is 1.68. The second-order valence-corrected chi connectivity index (χ2v) is 4.60. The maximum absolute atomic E-state index is 12.0. The van der Waals surface area contributed by atoms with E-state index in [-0.39, 0.29) is 24.7 Å². The molecule has 1 rings (SSSR count). The smallest absolute Gasteiger partial charge is 0.409 e. The molecule has 0 saturated heterocycles. The first kappa shape index (κ1) is 17.7. The van der Waals surface area contributed by atoms with Gasteiger partial charge >= 0.3 is 12.7 Å². The molecule has 0 aromatic heterocycles. The van der Waals surface area contributed by atoms with Crippen molar-refractivity contribution in [3.05, 3.63) is 29.8 Å². The van der Waals surface area contributed by atoms with Gasteiger partial charge in [0.2, 0.25) is 5.91 Å². The van der Waals surface area contributed by atoms with Gasteiger partial charge in [-0.3, -0.25) is 4.79 Å². The fourth-order valence-electron chi connectivity index (χ4n) is 1.68. The Kier molecular flexibility index (Phi) is 6.55. The second-order valence-electron chi connectivity index (χ2n) is 4.60. The lowest BCUT2D eigenvalue weighted by Crippen LogP contribution is -2.39. The molecule has 6 nitrogen and oxygen atoms in total. The van der Waals surface area contributed by atoms with Crippen LogP contribution in [0.2, 0.25) is 0 Å². The topological polar surface area (TPSA) is 59.1 Å². The first-order valence-corrected chi connectivity index (χ1v) is 6.40. The van der Waals surface area contributed by atoms with Crippen LogP contribution >= 0.6 is 0 Å². The average molecular weight is 316 g/mol. The number of amides is 2. The van der Waals surface area contributed by atoms with E-state index in [1.165, 1.54) is 31.2 Å². The molecule has 122 valence electrons. The molecular weight excluding hydrogens is 298 g/mol. The van der Waals surface area contributed by atoms with Gasteiger partial charge in [0.25, 0.3) is 0 Å². The van der Waals surface area contributed by atoms with E-state index in [0.29, 0.717) is 0 Å². The summed E-state index contributed by atoms with van der Waals surface area (Å²) < 4.78 is 32.8. The Balaban J connectivity index is 2.55. The van der Waals surface area contributed by atoms with Crippen LogP contribution in [-0.4, -0.2) is 56.2 Å². The summed E-state index contributed by atoms with van der Waals surface area (Å²) in [4.78, 5) is 25.7. The van der Waals surface area contributed by atoms with Crippen molar-refractivity contribution in [1.29, 1.82) is 0 Å². The molecule has 0 saturated carbocycles. The lowest BCUT2D eigenvalue weighted by molar-refractivity contribution is -0.131. The Hall–Kier alpha value is -2.38. The zero-order valence-electron chi connectivity index (χ0n) is 12.6. The molecule has 22 heavy (non-hydrogen) atoms. The largest absolute Gasteiger partial charge is 0.453 e. The third-order valence-corrected chi connectivity index (χ3v) is 2.85. The Morgan fingerprint density at radius 2 is 1.73 bits per heavy atom. The molecule has 0 radical (unpaired) electrons. The minimum atomic E-state index is -2.87. The maximum Gasteiger partial charge on any atom is 0.409 e. The number of nitrogens with zero attached hydrogens (tertiary/aromatic N) is 2. The number of rotatable bonds is 6. The van der Waals surface area contributed by atoms with Gasteiger partial charge < -0.3 is 19.3 Å². The number of hydrogen-bond acceptors (Lipinski definition) is 4. The van der Waals surface area contributed by atoms with Crippen LogP contribution in [0.1, 0.15) is 5.56 Å². The Morgan fingerprint density at radius 1 is 1.14 bits per heavy atom. The standard InChI is InChI=1S/C14H18F2N2O4/c1-17(12(19)9-18(2)14(20)21-3)8-10-4-6-11(7-5-10)22-13(15)16/h4-7,13H,8-9H2,1-3H3. The molecule has 2 amide bonds. The molecule has 0 unspecified atom stereocenters. The van der Waals surface area contributed by atoms with Crippen molar-refractivity contribution in [2.24, 2.45) is 0 Å². The van der Waals surface area contributed by atoms with Crippen LogP contribution in [0.15, 0.2) is 24.3 Å². The lowest BCUT2D eigenvalue weighted by Gasteiger charge is -2.21. The Labute approximate surface area is 127 Å². The highest BCUT2D eigenvalue weighted by molar-refractivity contribution is 5.81. The highest BCUT2D eigenvalue weighted by Gasteiger charge is 2.16. The minimum Gasteiger partial charge on any atom is -0.453 e. The van der Waals surface area contributed by atoms with Crippen molar-refractivity contribution in [2.45, 2.75) is 13.2 Å². The van der Waals surface area contributed by atoms with Gasteiger partial charge in [-0.15, -0.1) is 0 Å². The van der Waals surface area contributed by atoms with Gasteiger partial charge in [-0.05, 0) is 17.7 Å². The van der Waals surface area contributed by atoms with Crippen molar-refractivity contribution in [3.8, 4) is 5.75 Å². The molecule has 1 aromatic carbocycles. The Bertz CT molecular complexity index is 508.